The fourth-order valence-electron chi connectivity index (χ4n) is 6.12. The number of benzene rings is 2. The number of hydrogen-bond donors (Lipinski definition) is 1. The van der Waals surface area contributed by atoms with Gasteiger partial charge < -0.3 is 15.0 Å². The van der Waals surface area contributed by atoms with E-state index >= 15 is 0 Å². The third-order valence-corrected chi connectivity index (χ3v) is 7.79. The summed E-state index contributed by atoms with van der Waals surface area (Å²) >= 11 is 0. The SMILES string of the molecule is CN=C(NCC1CCOC1c1ccccc1)N1CCC2C(CCCN2Cc2ccccc2)C1.I. The summed E-state index contributed by atoms with van der Waals surface area (Å²) in [7, 11) is 1.93. The van der Waals surface area contributed by atoms with Crippen molar-refractivity contribution in [2.45, 2.75) is 44.4 Å². The maximum Gasteiger partial charge on any atom is 0.193 e. The van der Waals surface area contributed by atoms with E-state index in [0.29, 0.717) is 12.0 Å². The van der Waals surface area contributed by atoms with Gasteiger partial charge in [0.15, 0.2) is 5.96 Å². The maximum absolute atomic E-state index is 6.10. The molecule has 3 fully saturated rings. The molecule has 2 aromatic rings. The molecule has 0 aromatic heterocycles. The van der Waals surface area contributed by atoms with Gasteiger partial charge in [0.2, 0.25) is 0 Å². The molecule has 3 aliphatic rings. The Hall–Kier alpha value is -1.64. The van der Waals surface area contributed by atoms with E-state index in [-0.39, 0.29) is 30.1 Å². The van der Waals surface area contributed by atoms with E-state index in [1.54, 1.807) is 0 Å². The molecule has 2 aromatic carbocycles. The molecule has 0 bridgehead atoms. The molecule has 3 heterocycles. The fraction of sp³-hybridized carbons (Fsp3) is 0.536. The highest BCUT2D eigenvalue weighted by molar-refractivity contribution is 14.0. The monoisotopic (exact) mass is 574 g/mol. The molecule has 4 unspecified atom stereocenters. The quantitative estimate of drug-likeness (QED) is 0.312. The molecule has 6 heteroatoms. The second kappa shape index (κ2) is 12.4. The van der Waals surface area contributed by atoms with Crippen LogP contribution in [0.5, 0.6) is 0 Å². The van der Waals surface area contributed by atoms with Gasteiger partial charge in [0.05, 0.1) is 6.10 Å². The summed E-state index contributed by atoms with van der Waals surface area (Å²) in [5, 5.41) is 3.71. The van der Waals surface area contributed by atoms with Crippen molar-refractivity contribution in [3.8, 4) is 0 Å². The average Bonchev–Trinajstić information content (AvgIpc) is 3.34. The summed E-state index contributed by atoms with van der Waals surface area (Å²) in [4.78, 5) is 9.91. The van der Waals surface area contributed by atoms with Crippen molar-refractivity contribution in [3.63, 3.8) is 0 Å². The number of halogens is 1. The molecular formula is C28H39IN4O. The van der Waals surface area contributed by atoms with Crippen LogP contribution >= 0.6 is 24.0 Å². The van der Waals surface area contributed by atoms with Crippen LogP contribution in [0.4, 0.5) is 0 Å². The van der Waals surface area contributed by atoms with Crippen LogP contribution in [-0.2, 0) is 11.3 Å². The molecule has 0 radical (unpaired) electrons. The predicted molar refractivity (Wildman–Crippen MR) is 150 cm³/mol. The van der Waals surface area contributed by atoms with Crippen LogP contribution in [0.1, 0.15) is 42.9 Å². The van der Waals surface area contributed by atoms with E-state index in [0.717, 1.165) is 51.1 Å². The lowest BCUT2D eigenvalue weighted by atomic mass is 9.83. The highest BCUT2D eigenvalue weighted by atomic mass is 127. The van der Waals surface area contributed by atoms with E-state index < -0.39 is 0 Å². The van der Waals surface area contributed by atoms with Gasteiger partial charge in [-0.25, -0.2) is 0 Å². The van der Waals surface area contributed by atoms with Gasteiger partial charge in [-0.3, -0.25) is 9.89 Å². The topological polar surface area (TPSA) is 40.1 Å². The minimum atomic E-state index is 0. The standard InChI is InChI=1S/C28H38N4O.HI/c1-29-28(30-19-24-15-18-33-27(24)23-11-6-3-7-12-23)32-17-14-26-25(21-32)13-8-16-31(26)20-22-9-4-2-5-10-22;/h2-7,9-12,24-27H,8,13-21H2,1H3,(H,29,30);1H. The van der Waals surface area contributed by atoms with E-state index in [9.17, 15) is 0 Å². The third-order valence-electron chi connectivity index (χ3n) is 7.79. The number of piperidine rings is 2. The molecule has 3 saturated heterocycles. The first-order valence-corrected chi connectivity index (χ1v) is 12.7. The molecule has 3 aliphatic heterocycles. The van der Waals surface area contributed by atoms with Crippen LogP contribution in [0, 0.1) is 11.8 Å². The lowest BCUT2D eigenvalue weighted by Crippen LogP contribution is -2.57. The molecule has 184 valence electrons. The highest BCUT2D eigenvalue weighted by Crippen LogP contribution is 2.34. The number of guanidine groups is 1. The van der Waals surface area contributed by atoms with E-state index in [4.69, 9.17) is 4.74 Å². The number of rotatable bonds is 5. The number of aliphatic imine (C=N–C) groups is 1. The number of likely N-dealkylation sites (tertiary alicyclic amines) is 2. The van der Waals surface area contributed by atoms with Crippen molar-refractivity contribution in [3.05, 3.63) is 71.8 Å². The van der Waals surface area contributed by atoms with Crippen LogP contribution in [0.2, 0.25) is 0 Å². The lowest BCUT2D eigenvalue weighted by Gasteiger charge is -2.48. The Morgan fingerprint density at radius 3 is 2.53 bits per heavy atom. The van der Waals surface area contributed by atoms with Crippen LogP contribution in [0.15, 0.2) is 65.7 Å². The van der Waals surface area contributed by atoms with Gasteiger partial charge in [0, 0.05) is 51.8 Å². The zero-order valence-corrected chi connectivity index (χ0v) is 22.6. The smallest absolute Gasteiger partial charge is 0.193 e. The molecule has 5 nitrogen and oxygen atoms in total. The molecule has 0 amide bonds. The van der Waals surface area contributed by atoms with Crippen molar-refractivity contribution in [1.82, 2.24) is 15.1 Å². The van der Waals surface area contributed by atoms with Gasteiger partial charge in [0.1, 0.15) is 0 Å². The molecule has 4 atom stereocenters. The normalized spacial score (nSPS) is 27.7. The fourth-order valence-corrected chi connectivity index (χ4v) is 6.12. The number of nitrogens with zero attached hydrogens (tertiary/aromatic N) is 3. The number of hydrogen-bond acceptors (Lipinski definition) is 3. The van der Waals surface area contributed by atoms with Gasteiger partial charge in [-0.15, -0.1) is 24.0 Å². The first-order valence-electron chi connectivity index (χ1n) is 12.7. The van der Waals surface area contributed by atoms with Crippen molar-refractivity contribution in [1.29, 1.82) is 0 Å². The van der Waals surface area contributed by atoms with Gasteiger partial charge in [-0.2, -0.15) is 0 Å². The second-order valence-electron chi connectivity index (χ2n) is 9.84. The van der Waals surface area contributed by atoms with E-state index in [2.05, 4.69) is 80.8 Å². The van der Waals surface area contributed by atoms with Crippen LogP contribution in [0.25, 0.3) is 0 Å². The largest absolute Gasteiger partial charge is 0.373 e. The van der Waals surface area contributed by atoms with Gasteiger partial charge in [0.25, 0.3) is 0 Å². The predicted octanol–water partition coefficient (Wildman–Crippen LogP) is 4.94. The van der Waals surface area contributed by atoms with Crippen LogP contribution < -0.4 is 5.32 Å². The Labute approximate surface area is 222 Å². The summed E-state index contributed by atoms with van der Waals surface area (Å²) < 4.78 is 6.10. The molecule has 1 N–H and O–H groups in total. The first kappa shape index (κ1) is 25.5. The summed E-state index contributed by atoms with van der Waals surface area (Å²) in [6, 6.07) is 22.3. The lowest BCUT2D eigenvalue weighted by molar-refractivity contribution is 0.0370. The summed E-state index contributed by atoms with van der Waals surface area (Å²) in [6.45, 7) is 6.25. The third kappa shape index (κ3) is 5.94. The van der Waals surface area contributed by atoms with Crippen molar-refractivity contribution < 1.29 is 4.74 Å². The van der Waals surface area contributed by atoms with Gasteiger partial charge in [-0.1, -0.05) is 60.7 Å². The molecular weight excluding hydrogens is 535 g/mol. The first-order chi connectivity index (χ1) is 16.3. The van der Waals surface area contributed by atoms with Gasteiger partial charge in [-0.05, 0) is 49.3 Å². The Balaban J connectivity index is 0.00000274. The zero-order chi connectivity index (χ0) is 22.5. The highest BCUT2D eigenvalue weighted by Gasteiger charge is 2.37. The van der Waals surface area contributed by atoms with Gasteiger partial charge >= 0.3 is 0 Å². The van der Waals surface area contributed by atoms with Crippen molar-refractivity contribution in [2.24, 2.45) is 16.8 Å². The van der Waals surface area contributed by atoms with E-state index in [1.807, 2.05) is 7.05 Å². The van der Waals surface area contributed by atoms with Crippen molar-refractivity contribution >= 4 is 29.9 Å². The summed E-state index contributed by atoms with van der Waals surface area (Å²) in [5.41, 5.74) is 2.73. The second-order valence-corrected chi connectivity index (χ2v) is 9.84. The Bertz CT molecular complexity index is 909. The Morgan fingerprint density at radius 2 is 1.76 bits per heavy atom. The summed E-state index contributed by atoms with van der Waals surface area (Å²) in [6.07, 6.45) is 5.13. The zero-order valence-electron chi connectivity index (χ0n) is 20.3. The van der Waals surface area contributed by atoms with Crippen LogP contribution in [-0.4, -0.2) is 61.6 Å². The molecule has 5 rings (SSSR count). The number of ether oxygens (including phenoxy) is 1. The number of fused-ring (bicyclic) bond motifs is 1. The molecule has 0 aliphatic carbocycles. The van der Waals surface area contributed by atoms with Crippen molar-refractivity contribution in [2.75, 3.05) is 39.8 Å². The Morgan fingerprint density at radius 1 is 1.00 bits per heavy atom. The molecule has 0 spiro atoms. The molecule has 34 heavy (non-hydrogen) atoms. The minimum absolute atomic E-state index is 0. The summed E-state index contributed by atoms with van der Waals surface area (Å²) in [5.74, 6) is 2.27. The van der Waals surface area contributed by atoms with E-state index in [1.165, 1.54) is 36.9 Å². The maximum atomic E-state index is 6.10. The van der Waals surface area contributed by atoms with Crippen LogP contribution in [0.3, 0.4) is 0 Å². The molecule has 0 saturated carbocycles. The average molecular weight is 575 g/mol. The minimum Gasteiger partial charge on any atom is -0.373 e. The number of nitrogens with one attached hydrogen (secondary N) is 1. The Kier molecular flexibility index (Phi) is 9.25.